The van der Waals surface area contributed by atoms with Gasteiger partial charge in [0.1, 0.15) is 5.75 Å². The molecule has 0 saturated carbocycles. The number of ether oxygens (including phenoxy) is 1. The third-order valence-electron chi connectivity index (χ3n) is 4.09. The number of aromatic nitrogens is 4. The molecule has 5 nitrogen and oxygen atoms in total. The average molecular weight is 330 g/mol. The zero-order valence-electron chi connectivity index (χ0n) is 15.8. The molecule has 0 atom stereocenters. The van der Waals surface area contributed by atoms with Gasteiger partial charge in [0.25, 0.3) is 0 Å². The van der Waals surface area contributed by atoms with Crippen molar-refractivity contribution in [2.24, 2.45) is 0 Å². The first kappa shape index (κ1) is 18.4. The van der Waals surface area contributed by atoms with Crippen molar-refractivity contribution in [3.8, 4) is 5.75 Å². The fraction of sp³-hybridized carbons (Fsp3) is 0.632. The normalized spacial score (nSPS) is 12.4. The van der Waals surface area contributed by atoms with Crippen LogP contribution in [-0.2, 0) is 17.3 Å². The number of nitrogens with one attached hydrogen (secondary N) is 1. The Hall–Kier alpha value is -1.91. The molecule has 24 heavy (non-hydrogen) atoms. The van der Waals surface area contributed by atoms with Gasteiger partial charge in [0.15, 0.2) is 5.82 Å². The summed E-state index contributed by atoms with van der Waals surface area (Å²) in [6, 6.07) is 6.66. The Morgan fingerprint density at radius 2 is 1.54 bits per heavy atom. The molecule has 1 aromatic carbocycles. The lowest BCUT2D eigenvalue weighted by molar-refractivity contribution is 0.305. The predicted molar refractivity (Wildman–Crippen MR) is 96.5 cm³/mol. The van der Waals surface area contributed by atoms with Crippen LogP contribution in [0, 0.1) is 0 Å². The molecule has 0 spiro atoms. The summed E-state index contributed by atoms with van der Waals surface area (Å²) >= 11 is 0. The second-order valence-electron chi connectivity index (χ2n) is 8.38. The van der Waals surface area contributed by atoms with Crippen molar-refractivity contribution < 1.29 is 4.74 Å². The van der Waals surface area contributed by atoms with E-state index in [0.29, 0.717) is 6.61 Å². The van der Waals surface area contributed by atoms with Crippen LogP contribution in [0.5, 0.6) is 5.75 Å². The number of benzene rings is 1. The maximum absolute atomic E-state index is 6.03. The summed E-state index contributed by atoms with van der Waals surface area (Å²) < 4.78 is 6.03. The van der Waals surface area contributed by atoms with Crippen molar-refractivity contribution in [3.05, 3.63) is 35.2 Å². The van der Waals surface area contributed by atoms with Gasteiger partial charge in [0.2, 0.25) is 0 Å². The van der Waals surface area contributed by atoms with Crippen LogP contribution in [0.3, 0.4) is 0 Å². The third-order valence-corrected chi connectivity index (χ3v) is 4.09. The zero-order chi connectivity index (χ0) is 17.8. The largest absolute Gasteiger partial charge is 0.494 e. The van der Waals surface area contributed by atoms with E-state index in [9.17, 15) is 0 Å². The first-order valence-electron chi connectivity index (χ1n) is 8.67. The Morgan fingerprint density at radius 1 is 0.917 bits per heavy atom. The van der Waals surface area contributed by atoms with E-state index < -0.39 is 0 Å². The van der Waals surface area contributed by atoms with Gasteiger partial charge in [-0.1, -0.05) is 52.8 Å². The average Bonchev–Trinajstić information content (AvgIpc) is 2.98. The first-order chi connectivity index (χ1) is 11.2. The molecule has 1 N–H and O–H groups in total. The van der Waals surface area contributed by atoms with Crippen LogP contribution in [0.15, 0.2) is 18.2 Å². The summed E-state index contributed by atoms with van der Waals surface area (Å²) in [4.78, 5) is 0. The summed E-state index contributed by atoms with van der Waals surface area (Å²) in [5.41, 5.74) is 2.85. The van der Waals surface area contributed by atoms with E-state index in [-0.39, 0.29) is 10.8 Å². The van der Waals surface area contributed by atoms with Crippen molar-refractivity contribution >= 4 is 0 Å². The maximum atomic E-state index is 6.03. The number of unbranched alkanes of at least 4 members (excludes halogenated alkanes) is 1. The number of rotatable bonds is 6. The van der Waals surface area contributed by atoms with Crippen LogP contribution < -0.4 is 4.74 Å². The molecule has 2 aromatic rings. The molecule has 0 unspecified atom stereocenters. The summed E-state index contributed by atoms with van der Waals surface area (Å²) in [5, 5.41) is 14.0. The molecule has 0 radical (unpaired) electrons. The Morgan fingerprint density at radius 3 is 2.04 bits per heavy atom. The molecule has 0 bridgehead atoms. The van der Waals surface area contributed by atoms with E-state index in [0.717, 1.165) is 30.8 Å². The van der Waals surface area contributed by atoms with Gasteiger partial charge in [0.05, 0.1) is 6.61 Å². The minimum absolute atomic E-state index is 0.109. The van der Waals surface area contributed by atoms with Crippen molar-refractivity contribution in [2.75, 3.05) is 6.61 Å². The van der Waals surface area contributed by atoms with E-state index in [1.807, 2.05) is 0 Å². The third kappa shape index (κ3) is 5.32. The minimum Gasteiger partial charge on any atom is -0.494 e. The molecule has 1 heterocycles. The highest BCUT2D eigenvalue weighted by Crippen LogP contribution is 2.32. The molecule has 1 aromatic heterocycles. The van der Waals surface area contributed by atoms with Gasteiger partial charge in [-0.05, 0) is 46.9 Å². The molecule has 0 aliphatic heterocycles. The summed E-state index contributed by atoms with van der Waals surface area (Å²) in [7, 11) is 0. The van der Waals surface area contributed by atoms with Gasteiger partial charge < -0.3 is 4.74 Å². The fourth-order valence-electron chi connectivity index (χ4n) is 2.41. The lowest BCUT2D eigenvalue weighted by Crippen LogP contribution is -2.16. The van der Waals surface area contributed by atoms with E-state index in [2.05, 4.69) is 80.4 Å². The van der Waals surface area contributed by atoms with Gasteiger partial charge in [-0.25, -0.2) is 0 Å². The summed E-state index contributed by atoms with van der Waals surface area (Å²) in [6.07, 6.45) is 2.79. The molecule has 0 amide bonds. The van der Waals surface area contributed by atoms with Gasteiger partial charge in [-0.3, -0.25) is 0 Å². The summed E-state index contributed by atoms with van der Waals surface area (Å²) in [6.45, 7) is 14.1. The molecule has 0 aliphatic rings. The van der Waals surface area contributed by atoms with Crippen LogP contribution in [0.4, 0.5) is 0 Å². The molecule has 132 valence electrons. The van der Waals surface area contributed by atoms with E-state index in [1.165, 1.54) is 11.1 Å². The molecule has 5 heteroatoms. The number of H-pyrrole nitrogens is 1. The quantitative estimate of drug-likeness (QED) is 0.806. The number of nitrogens with zero attached hydrogens (tertiary/aromatic N) is 3. The molecule has 2 rings (SSSR count). The number of tetrazole rings is 1. The number of aryl methyl sites for hydroxylation is 1. The van der Waals surface area contributed by atoms with E-state index in [1.54, 1.807) is 0 Å². The Bertz CT molecular complexity index is 604. The van der Waals surface area contributed by atoms with Crippen LogP contribution in [0.25, 0.3) is 0 Å². The zero-order valence-corrected chi connectivity index (χ0v) is 15.8. The Labute approximate surface area is 145 Å². The van der Waals surface area contributed by atoms with Crippen molar-refractivity contribution in [1.82, 2.24) is 20.6 Å². The lowest BCUT2D eigenvalue weighted by atomic mass is 9.80. The lowest BCUT2D eigenvalue weighted by Gasteiger charge is -2.26. The van der Waals surface area contributed by atoms with Crippen molar-refractivity contribution in [2.45, 2.75) is 71.6 Å². The molecule has 0 aliphatic carbocycles. The van der Waals surface area contributed by atoms with Crippen molar-refractivity contribution in [1.29, 1.82) is 0 Å². The van der Waals surface area contributed by atoms with Gasteiger partial charge in [0, 0.05) is 6.42 Å². The maximum Gasteiger partial charge on any atom is 0.174 e. The van der Waals surface area contributed by atoms with Crippen molar-refractivity contribution in [3.63, 3.8) is 0 Å². The fourth-order valence-corrected chi connectivity index (χ4v) is 2.41. The van der Waals surface area contributed by atoms with Crippen LogP contribution >= 0.6 is 0 Å². The first-order valence-corrected chi connectivity index (χ1v) is 8.67. The molecular formula is C19H30N4O. The predicted octanol–water partition coefficient (Wildman–Crippen LogP) is 4.20. The number of hydrogen-bond acceptors (Lipinski definition) is 4. The van der Waals surface area contributed by atoms with Gasteiger partial charge >= 0.3 is 0 Å². The molecular weight excluding hydrogens is 300 g/mol. The highest BCUT2D eigenvalue weighted by atomic mass is 16.5. The number of aromatic amines is 1. The summed E-state index contributed by atoms with van der Waals surface area (Å²) in [5.74, 6) is 1.73. The second kappa shape index (κ2) is 7.32. The smallest absolute Gasteiger partial charge is 0.174 e. The topological polar surface area (TPSA) is 63.7 Å². The van der Waals surface area contributed by atoms with E-state index in [4.69, 9.17) is 4.74 Å². The standard InChI is InChI=1S/C19H30N4O/c1-18(2,3)14-11-15(19(4,5)6)13-16(12-14)24-10-8-7-9-17-20-22-23-21-17/h11-13H,7-10H2,1-6H3,(H,20,21,22,23). The van der Waals surface area contributed by atoms with Crippen LogP contribution in [0.2, 0.25) is 0 Å². The highest BCUT2D eigenvalue weighted by Gasteiger charge is 2.20. The van der Waals surface area contributed by atoms with Gasteiger partial charge in [-0.2, -0.15) is 5.21 Å². The SMILES string of the molecule is CC(C)(C)c1cc(OCCCCc2nn[nH]n2)cc(C(C)(C)C)c1. The highest BCUT2D eigenvalue weighted by molar-refractivity contribution is 5.40. The number of hydrogen-bond donors (Lipinski definition) is 1. The molecule has 0 fully saturated rings. The van der Waals surface area contributed by atoms with E-state index >= 15 is 0 Å². The molecule has 0 saturated heterocycles. The Balaban J connectivity index is 1.98. The van der Waals surface area contributed by atoms with Crippen LogP contribution in [-0.4, -0.2) is 27.2 Å². The van der Waals surface area contributed by atoms with Crippen LogP contribution in [0.1, 0.15) is 71.3 Å². The Kier molecular flexibility index (Phi) is 5.62. The second-order valence-corrected chi connectivity index (χ2v) is 8.38. The minimum atomic E-state index is 0.109. The van der Waals surface area contributed by atoms with Gasteiger partial charge in [-0.15, -0.1) is 10.2 Å². The monoisotopic (exact) mass is 330 g/mol.